The zero-order chi connectivity index (χ0) is 12.3. The molecule has 0 unspecified atom stereocenters. The molecule has 2 amide bonds. The molecule has 1 heterocycles. The Morgan fingerprint density at radius 1 is 1.47 bits per heavy atom. The largest absolute Gasteiger partial charge is 0.480 e. The van der Waals surface area contributed by atoms with Gasteiger partial charge in [-0.1, -0.05) is 5.21 Å². The molecule has 0 bridgehead atoms. The Labute approximate surface area is 97.0 Å². The number of carbonyl (C=O) groups is 2. The number of rotatable bonds is 5. The van der Waals surface area contributed by atoms with Crippen LogP contribution >= 0.6 is 0 Å². The molecule has 92 valence electrons. The summed E-state index contributed by atoms with van der Waals surface area (Å²) in [6.07, 6.45) is 4.20. The quantitative estimate of drug-likeness (QED) is 0.623. The summed E-state index contributed by atoms with van der Waals surface area (Å²) in [5.41, 5.74) is -1.04. The number of nitrogens with zero attached hydrogens (tertiary/aromatic N) is 3. The summed E-state index contributed by atoms with van der Waals surface area (Å²) >= 11 is 0. The van der Waals surface area contributed by atoms with Gasteiger partial charge in [0.1, 0.15) is 5.54 Å². The van der Waals surface area contributed by atoms with Gasteiger partial charge in [-0.15, -0.1) is 5.10 Å². The Bertz CT molecular complexity index is 412. The summed E-state index contributed by atoms with van der Waals surface area (Å²) in [5.74, 6) is -0.982. The summed E-state index contributed by atoms with van der Waals surface area (Å²) in [7, 11) is 0. The molecule has 1 aliphatic rings. The second kappa shape index (κ2) is 4.40. The smallest absolute Gasteiger partial charge is 0.329 e. The van der Waals surface area contributed by atoms with Gasteiger partial charge in [0.25, 0.3) is 0 Å². The number of urea groups is 1. The van der Waals surface area contributed by atoms with E-state index in [9.17, 15) is 9.59 Å². The van der Waals surface area contributed by atoms with Crippen LogP contribution in [0.15, 0.2) is 12.4 Å². The van der Waals surface area contributed by atoms with E-state index in [0.29, 0.717) is 25.9 Å². The molecule has 0 saturated heterocycles. The van der Waals surface area contributed by atoms with Gasteiger partial charge in [-0.2, -0.15) is 0 Å². The molecule has 17 heavy (non-hydrogen) atoms. The Kier molecular flexibility index (Phi) is 2.94. The maximum Gasteiger partial charge on any atom is 0.329 e. The highest BCUT2D eigenvalue weighted by Crippen LogP contribution is 2.35. The number of carboxylic acids is 1. The van der Waals surface area contributed by atoms with Gasteiger partial charge in [-0.3, -0.25) is 4.68 Å². The first-order valence-electron chi connectivity index (χ1n) is 5.26. The zero-order valence-corrected chi connectivity index (χ0v) is 9.09. The fourth-order valence-corrected chi connectivity index (χ4v) is 1.41. The number of carbonyl (C=O) groups excluding carboxylic acids is 1. The molecule has 0 aliphatic heterocycles. The van der Waals surface area contributed by atoms with E-state index >= 15 is 0 Å². The van der Waals surface area contributed by atoms with Crippen molar-refractivity contribution in [2.24, 2.45) is 0 Å². The molecule has 1 fully saturated rings. The van der Waals surface area contributed by atoms with Gasteiger partial charge in [0.15, 0.2) is 0 Å². The average molecular weight is 239 g/mol. The first kappa shape index (κ1) is 11.4. The lowest BCUT2D eigenvalue weighted by Gasteiger charge is -2.13. The molecular formula is C9H13N5O3. The summed E-state index contributed by atoms with van der Waals surface area (Å²) < 4.78 is 1.57. The van der Waals surface area contributed by atoms with Crippen LogP contribution in [0.2, 0.25) is 0 Å². The van der Waals surface area contributed by atoms with Gasteiger partial charge in [-0.05, 0) is 12.8 Å². The SMILES string of the molecule is O=C(NCCn1ccnn1)NC1(C(=O)O)CC1. The first-order valence-corrected chi connectivity index (χ1v) is 5.26. The van der Waals surface area contributed by atoms with E-state index in [2.05, 4.69) is 20.9 Å². The monoisotopic (exact) mass is 239 g/mol. The molecule has 8 heteroatoms. The molecule has 0 aromatic carbocycles. The molecule has 0 spiro atoms. The summed E-state index contributed by atoms with van der Waals surface area (Å²) in [6.45, 7) is 0.860. The van der Waals surface area contributed by atoms with Crippen molar-refractivity contribution < 1.29 is 14.7 Å². The zero-order valence-electron chi connectivity index (χ0n) is 9.09. The van der Waals surface area contributed by atoms with E-state index in [1.807, 2.05) is 0 Å². The van der Waals surface area contributed by atoms with E-state index in [4.69, 9.17) is 5.11 Å². The lowest BCUT2D eigenvalue weighted by Crippen LogP contribution is -2.48. The molecule has 1 aromatic heterocycles. The third-order valence-electron chi connectivity index (χ3n) is 2.61. The second-order valence-corrected chi connectivity index (χ2v) is 3.93. The number of amides is 2. The van der Waals surface area contributed by atoms with Gasteiger partial charge >= 0.3 is 12.0 Å². The maximum atomic E-state index is 11.4. The van der Waals surface area contributed by atoms with Crippen LogP contribution in [0.3, 0.4) is 0 Å². The Hall–Kier alpha value is -2.12. The van der Waals surface area contributed by atoms with Gasteiger partial charge < -0.3 is 15.7 Å². The predicted molar refractivity (Wildman–Crippen MR) is 56.2 cm³/mol. The standard InChI is InChI=1S/C9H13N5O3/c15-7(16)9(1-2-9)12-8(17)10-3-5-14-6-4-11-13-14/h4,6H,1-3,5H2,(H,15,16)(H2,10,12,17). The summed E-state index contributed by atoms with van der Waals surface area (Å²) in [5, 5.41) is 21.2. The van der Waals surface area contributed by atoms with Crippen LogP contribution in [0.4, 0.5) is 4.79 Å². The highest BCUT2D eigenvalue weighted by Gasteiger charge is 2.51. The summed E-state index contributed by atoms with van der Waals surface area (Å²) in [6, 6.07) is -0.468. The van der Waals surface area contributed by atoms with Crippen LogP contribution in [0, 0.1) is 0 Å². The molecule has 8 nitrogen and oxygen atoms in total. The van der Waals surface area contributed by atoms with Crippen molar-refractivity contribution in [2.75, 3.05) is 6.54 Å². The fourth-order valence-electron chi connectivity index (χ4n) is 1.41. The number of carboxylic acid groups (broad SMARTS) is 1. The van der Waals surface area contributed by atoms with E-state index in [-0.39, 0.29) is 0 Å². The number of aromatic nitrogens is 3. The van der Waals surface area contributed by atoms with Gasteiger partial charge in [0.05, 0.1) is 12.7 Å². The van der Waals surface area contributed by atoms with Crippen LogP contribution in [-0.4, -0.2) is 44.2 Å². The van der Waals surface area contributed by atoms with Crippen LogP contribution in [0.25, 0.3) is 0 Å². The fraction of sp³-hybridized carbons (Fsp3) is 0.556. The number of nitrogens with one attached hydrogen (secondary N) is 2. The Balaban J connectivity index is 1.70. The number of hydrogen-bond donors (Lipinski definition) is 3. The van der Waals surface area contributed by atoms with Gasteiger partial charge in [0, 0.05) is 12.7 Å². The van der Waals surface area contributed by atoms with E-state index in [1.54, 1.807) is 17.1 Å². The normalized spacial score (nSPS) is 16.2. The highest BCUT2D eigenvalue weighted by molar-refractivity contribution is 5.88. The van der Waals surface area contributed by atoms with Crippen molar-refractivity contribution in [3.8, 4) is 0 Å². The van der Waals surface area contributed by atoms with Crippen LogP contribution in [-0.2, 0) is 11.3 Å². The number of hydrogen-bond acceptors (Lipinski definition) is 4. The minimum Gasteiger partial charge on any atom is -0.480 e. The van der Waals surface area contributed by atoms with E-state index in [1.165, 1.54) is 0 Å². The van der Waals surface area contributed by atoms with Crippen molar-refractivity contribution in [3.05, 3.63) is 12.4 Å². The molecule has 1 saturated carbocycles. The van der Waals surface area contributed by atoms with Crippen molar-refractivity contribution in [2.45, 2.75) is 24.9 Å². The molecule has 3 N–H and O–H groups in total. The predicted octanol–water partition coefficient (Wildman–Crippen LogP) is -0.805. The van der Waals surface area contributed by atoms with Crippen LogP contribution in [0.1, 0.15) is 12.8 Å². The van der Waals surface area contributed by atoms with E-state index in [0.717, 1.165) is 0 Å². The van der Waals surface area contributed by atoms with Gasteiger partial charge in [-0.25, -0.2) is 9.59 Å². The van der Waals surface area contributed by atoms with Crippen LogP contribution < -0.4 is 10.6 Å². The third-order valence-corrected chi connectivity index (χ3v) is 2.61. The topological polar surface area (TPSA) is 109 Å². The molecule has 0 atom stereocenters. The van der Waals surface area contributed by atoms with Crippen molar-refractivity contribution in [3.63, 3.8) is 0 Å². The van der Waals surface area contributed by atoms with Crippen molar-refractivity contribution in [1.29, 1.82) is 0 Å². The van der Waals surface area contributed by atoms with Crippen molar-refractivity contribution in [1.82, 2.24) is 25.6 Å². The van der Waals surface area contributed by atoms with E-state index < -0.39 is 17.5 Å². The molecule has 1 aromatic rings. The first-order chi connectivity index (χ1) is 8.12. The molecular weight excluding hydrogens is 226 g/mol. The third kappa shape index (κ3) is 2.71. The second-order valence-electron chi connectivity index (χ2n) is 3.93. The lowest BCUT2D eigenvalue weighted by atomic mass is 10.3. The highest BCUT2D eigenvalue weighted by atomic mass is 16.4. The average Bonchev–Trinajstić information content (AvgIpc) is 2.87. The minimum absolute atomic E-state index is 0.366. The summed E-state index contributed by atoms with van der Waals surface area (Å²) in [4.78, 5) is 22.2. The van der Waals surface area contributed by atoms with Crippen molar-refractivity contribution >= 4 is 12.0 Å². The molecule has 0 radical (unpaired) electrons. The maximum absolute atomic E-state index is 11.4. The van der Waals surface area contributed by atoms with Gasteiger partial charge in [0.2, 0.25) is 0 Å². The number of aliphatic carboxylic acids is 1. The Morgan fingerprint density at radius 3 is 2.76 bits per heavy atom. The Morgan fingerprint density at radius 2 is 2.24 bits per heavy atom. The molecule has 2 rings (SSSR count). The minimum atomic E-state index is -1.04. The molecule has 1 aliphatic carbocycles. The van der Waals surface area contributed by atoms with Crippen LogP contribution in [0.5, 0.6) is 0 Å². The lowest BCUT2D eigenvalue weighted by molar-refractivity contribution is -0.140.